The maximum Gasteiger partial charge on any atom is 0.222 e. The van der Waals surface area contributed by atoms with Crippen LogP contribution in [0.2, 0.25) is 0 Å². The zero-order valence-electron chi connectivity index (χ0n) is 8.36. The van der Waals surface area contributed by atoms with E-state index in [0.717, 1.165) is 12.2 Å². The van der Waals surface area contributed by atoms with Crippen molar-refractivity contribution in [3.63, 3.8) is 0 Å². The van der Waals surface area contributed by atoms with Gasteiger partial charge in [-0.15, -0.1) is 0 Å². The predicted octanol–water partition coefficient (Wildman–Crippen LogP) is 0.107. The Labute approximate surface area is 83.3 Å². The second kappa shape index (κ2) is 5.39. The van der Waals surface area contributed by atoms with Crippen molar-refractivity contribution in [2.24, 2.45) is 5.73 Å². The van der Waals surface area contributed by atoms with Crippen molar-refractivity contribution in [3.05, 3.63) is 18.2 Å². The maximum absolute atomic E-state index is 11.5. The average Bonchev–Trinajstić information content (AvgIpc) is 2.66. The first-order chi connectivity index (χ1) is 6.74. The van der Waals surface area contributed by atoms with E-state index >= 15 is 0 Å². The van der Waals surface area contributed by atoms with Crippen molar-refractivity contribution < 1.29 is 4.79 Å². The van der Waals surface area contributed by atoms with Crippen LogP contribution in [0.5, 0.6) is 0 Å². The molecule has 1 heterocycles. The smallest absolute Gasteiger partial charge is 0.222 e. The molecule has 5 heteroatoms. The van der Waals surface area contributed by atoms with E-state index in [1.807, 2.05) is 0 Å². The third kappa shape index (κ3) is 3.18. The maximum atomic E-state index is 11.5. The normalized spacial score (nSPS) is 10.1. The number of H-pyrrole nitrogens is 1. The Morgan fingerprint density at radius 1 is 1.71 bits per heavy atom. The molecule has 1 rings (SSSR count). The van der Waals surface area contributed by atoms with Gasteiger partial charge >= 0.3 is 0 Å². The van der Waals surface area contributed by atoms with Gasteiger partial charge in [0.05, 0.1) is 6.54 Å². The molecule has 1 aromatic rings. The molecule has 1 amide bonds. The molecule has 5 nitrogen and oxygen atoms in total. The summed E-state index contributed by atoms with van der Waals surface area (Å²) in [5.74, 6) is 0.903. The van der Waals surface area contributed by atoms with Gasteiger partial charge in [-0.3, -0.25) is 4.79 Å². The van der Waals surface area contributed by atoms with Crippen LogP contribution in [0.25, 0.3) is 0 Å². The highest BCUT2D eigenvalue weighted by molar-refractivity contribution is 5.75. The Kier molecular flexibility index (Phi) is 4.12. The quantitative estimate of drug-likeness (QED) is 0.701. The van der Waals surface area contributed by atoms with E-state index in [9.17, 15) is 4.79 Å². The fourth-order valence-corrected chi connectivity index (χ4v) is 1.14. The van der Waals surface area contributed by atoms with Crippen LogP contribution in [0.4, 0.5) is 0 Å². The molecule has 0 spiro atoms. The van der Waals surface area contributed by atoms with Gasteiger partial charge in [-0.25, -0.2) is 4.98 Å². The van der Waals surface area contributed by atoms with E-state index in [1.54, 1.807) is 24.3 Å². The molecule has 78 valence electrons. The first-order valence-electron chi connectivity index (χ1n) is 4.66. The zero-order chi connectivity index (χ0) is 10.4. The van der Waals surface area contributed by atoms with Crippen LogP contribution in [-0.4, -0.2) is 34.4 Å². The lowest BCUT2D eigenvalue weighted by Crippen LogP contribution is -2.26. The molecule has 0 saturated carbocycles. The van der Waals surface area contributed by atoms with E-state index in [4.69, 9.17) is 5.73 Å². The highest BCUT2D eigenvalue weighted by Gasteiger charge is 2.08. The lowest BCUT2D eigenvalue weighted by molar-refractivity contribution is -0.130. The van der Waals surface area contributed by atoms with Crippen molar-refractivity contribution >= 4 is 5.91 Å². The number of hydrogen-bond donors (Lipinski definition) is 2. The molecule has 0 unspecified atom stereocenters. The van der Waals surface area contributed by atoms with E-state index in [-0.39, 0.29) is 5.91 Å². The van der Waals surface area contributed by atoms with E-state index in [0.29, 0.717) is 19.5 Å². The molecule has 0 aliphatic heterocycles. The average molecular weight is 196 g/mol. The minimum Gasteiger partial charge on any atom is -0.347 e. The number of nitrogens with two attached hydrogens (primary N) is 1. The summed E-state index contributed by atoms with van der Waals surface area (Å²) in [7, 11) is 1.77. The molecule has 0 aromatic carbocycles. The number of imidazole rings is 1. The van der Waals surface area contributed by atoms with Gasteiger partial charge in [-0.1, -0.05) is 0 Å². The summed E-state index contributed by atoms with van der Waals surface area (Å²) >= 11 is 0. The second-order valence-electron chi connectivity index (χ2n) is 3.18. The Morgan fingerprint density at radius 2 is 2.50 bits per heavy atom. The molecule has 3 N–H and O–H groups in total. The first-order valence-corrected chi connectivity index (χ1v) is 4.66. The van der Waals surface area contributed by atoms with Crippen LogP contribution in [-0.2, 0) is 11.3 Å². The molecule has 0 fully saturated rings. The Balaban J connectivity index is 2.34. The molecule has 0 aliphatic carbocycles. The topological polar surface area (TPSA) is 75.0 Å². The lowest BCUT2D eigenvalue weighted by atomic mass is 10.3. The number of carbonyl (C=O) groups is 1. The van der Waals surface area contributed by atoms with Crippen LogP contribution in [0.3, 0.4) is 0 Å². The van der Waals surface area contributed by atoms with Crippen LogP contribution in [0.1, 0.15) is 18.7 Å². The molecular weight excluding hydrogens is 180 g/mol. The van der Waals surface area contributed by atoms with Gasteiger partial charge in [0.1, 0.15) is 5.82 Å². The molecular formula is C9H16N4O. The molecule has 14 heavy (non-hydrogen) atoms. The van der Waals surface area contributed by atoms with Gasteiger partial charge < -0.3 is 15.6 Å². The summed E-state index contributed by atoms with van der Waals surface area (Å²) in [5.41, 5.74) is 5.32. The van der Waals surface area contributed by atoms with E-state index in [1.165, 1.54) is 0 Å². The van der Waals surface area contributed by atoms with Gasteiger partial charge in [-0.05, 0) is 13.0 Å². The summed E-state index contributed by atoms with van der Waals surface area (Å²) in [4.78, 5) is 20.1. The van der Waals surface area contributed by atoms with Gasteiger partial charge in [0.2, 0.25) is 5.91 Å². The fraction of sp³-hybridized carbons (Fsp3) is 0.556. The van der Waals surface area contributed by atoms with Crippen molar-refractivity contribution in [3.8, 4) is 0 Å². The third-order valence-electron chi connectivity index (χ3n) is 1.96. The molecule has 1 aromatic heterocycles. The summed E-state index contributed by atoms with van der Waals surface area (Å²) in [6.45, 7) is 1.08. The van der Waals surface area contributed by atoms with Gasteiger partial charge in [0.15, 0.2) is 0 Å². The lowest BCUT2D eigenvalue weighted by Gasteiger charge is -2.15. The summed E-state index contributed by atoms with van der Waals surface area (Å²) in [6, 6.07) is 0. The van der Waals surface area contributed by atoms with Crippen LogP contribution < -0.4 is 5.73 Å². The number of aromatic nitrogens is 2. The number of nitrogens with one attached hydrogen (secondary N) is 1. The number of hydrogen-bond acceptors (Lipinski definition) is 3. The van der Waals surface area contributed by atoms with Gasteiger partial charge in [0, 0.05) is 25.9 Å². The SMILES string of the molecule is CN(Cc1ncc[nH]1)C(=O)CCCN. The highest BCUT2D eigenvalue weighted by atomic mass is 16.2. The third-order valence-corrected chi connectivity index (χ3v) is 1.96. The van der Waals surface area contributed by atoms with E-state index in [2.05, 4.69) is 9.97 Å². The minimum absolute atomic E-state index is 0.104. The number of rotatable bonds is 5. The molecule has 0 saturated heterocycles. The highest BCUT2D eigenvalue weighted by Crippen LogP contribution is 1.99. The van der Waals surface area contributed by atoms with Gasteiger partial charge in [0.25, 0.3) is 0 Å². The van der Waals surface area contributed by atoms with Crippen LogP contribution in [0, 0.1) is 0 Å². The summed E-state index contributed by atoms with van der Waals surface area (Å²) in [6.07, 6.45) is 4.66. The molecule has 0 atom stereocenters. The molecule has 0 aliphatic rings. The van der Waals surface area contributed by atoms with Crippen molar-refractivity contribution in [1.29, 1.82) is 0 Å². The van der Waals surface area contributed by atoms with Gasteiger partial charge in [-0.2, -0.15) is 0 Å². The standard InChI is InChI=1S/C9H16N4O/c1-13(9(14)3-2-4-10)7-8-11-5-6-12-8/h5-6H,2-4,7,10H2,1H3,(H,11,12). The Bertz CT molecular complexity index is 270. The fourth-order valence-electron chi connectivity index (χ4n) is 1.14. The first kappa shape index (κ1) is 10.7. The number of nitrogens with zero attached hydrogens (tertiary/aromatic N) is 2. The minimum atomic E-state index is 0.104. The molecule has 0 radical (unpaired) electrons. The van der Waals surface area contributed by atoms with Crippen molar-refractivity contribution in [2.75, 3.05) is 13.6 Å². The largest absolute Gasteiger partial charge is 0.347 e. The zero-order valence-corrected chi connectivity index (χ0v) is 8.36. The monoisotopic (exact) mass is 196 g/mol. The second-order valence-corrected chi connectivity index (χ2v) is 3.18. The van der Waals surface area contributed by atoms with Crippen molar-refractivity contribution in [2.45, 2.75) is 19.4 Å². The summed E-state index contributed by atoms with van der Waals surface area (Å²) < 4.78 is 0. The Hall–Kier alpha value is -1.36. The Morgan fingerprint density at radius 3 is 3.07 bits per heavy atom. The number of amides is 1. The van der Waals surface area contributed by atoms with E-state index < -0.39 is 0 Å². The number of aromatic amines is 1. The predicted molar refractivity (Wildman–Crippen MR) is 53.4 cm³/mol. The number of carbonyl (C=O) groups excluding carboxylic acids is 1. The van der Waals surface area contributed by atoms with Crippen LogP contribution >= 0.6 is 0 Å². The summed E-state index contributed by atoms with van der Waals surface area (Å²) in [5, 5.41) is 0. The van der Waals surface area contributed by atoms with Crippen LogP contribution in [0.15, 0.2) is 12.4 Å². The van der Waals surface area contributed by atoms with Crippen molar-refractivity contribution in [1.82, 2.24) is 14.9 Å². The molecule has 0 bridgehead atoms.